The zero-order valence-corrected chi connectivity index (χ0v) is 12.2. The maximum Gasteiger partial charge on any atom is 0.330 e. The summed E-state index contributed by atoms with van der Waals surface area (Å²) in [6, 6.07) is 0. The number of carbonyl (C=O) groups is 2. The molecule has 0 rings (SSSR count). The fourth-order valence-corrected chi connectivity index (χ4v) is 1.27. The van der Waals surface area contributed by atoms with Gasteiger partial charge in [-0.25, -0.2) is 4.79 Å². The van der Waals surface area contributed by atoms with Crippen LogP contribution in [0.15, 0.2) is 12.2 Å². The fourth-order valence-electron chi connectivity index (χ4n) is 1.27. The van der Waals surface area contributed by atoms with Gasteiger partial charge in [0.05, 0.1) is 13.0 Å². The molecule has 0 bridgehead atoms. The SMILES string of the molecule is CCOC(=O)CC(C)(C)C=CC(=O)OC(C)(C)C. The van der Waals surface area contributed by atoms with Crippen LogP contribution in [0.5, 0.6) is 0 Å². The van der Waals surface area contributed by atoms with Gasteiger partial charge in [0.25, 0.3) is 0 Å². The lowest BCUT2D eigenvalue weighted by Crippen LogP contribution is -2.23. The molecule has 0 aliphatic carbocycles. The molecule has 0 heterocycles. The van der Waals surface area contributed by atoms with Crippen molar-refractivity contribution >= 4 is 11.9 Å². The highest BCUT2D eigenvalue weighted by Gasteiger charge is 2.21. The van der Waals surface area contributed by atoms with E-state index >= 15 is 0 Å². The van der Waals surface area contributed by atoms with Crippen LogP contribution in [0.25, 0.3) is 0 Å². The summed E-state index contributed by atoms with van der Waals surface area (Å²) in [5.41, 5.74) is -0.935. The molecule has 0 fully saturated rings. The molecule has 0 aliphatic heterocycles. The largest absolute Gasteiger partial charge is 0.466 e. The first kappa shape index (κ1) is 16.7. The van der Waals surface area contributed by atoms with Gasteiger partial charge >= 0.3 is 11.9 Å². The second-order valence-corrected chi connectivity index (χ2v) is 5.84. The third kappa shape index (κ3) is 8.79. The molecule has 0 spiro atoms. The van der Waals surface area contributed by atoms with Crippen molar-refractivity contribution in [3.8, 4) is 0 Å². The summed E-state index contributed by atoms with van der Waals surface area (Å²) in [6.45, 7) is 11.3. The summed E-state index contributed by atoms with van der Waals surface area (Å²) >= 11 is 0. The van der Waals surface area contributed by atoms with Crippen molar-refractivity contribution < 1.29 is 19.1 Å². The lowest BCUT2D eigenvalue weighted by Gasteiger charge is -2.20. The zero-order chi connectivity index (χ0) is 14.4. The predicted octanol–water partition coefficient (Wildman–Crippen LogP) is 2.86. The Morgan fingerprint density at radius 3 is 2.11 bits per heavy atom. The van der Waals surface area contributed by atoms with Crippen LogP contribution in [0.3, 0.4) is 0 Å². The van der Waals surface area contributed by atoms with Gasteiger partial charge in [-0.1, -0.05) is 19.9 Å². The summed E-state index contributed by atoms with van der Waals surface area (Å²) in [7, 11) is 0. The van der Waals surface area contributed by atoms with E-state index in [-0.39, 0.29) is 12.4 Å². The third-order valence-electron chi connectivity index (χ3n) is 1.98. The van der Waals surface area contributed by atoms with Crippen LogP contribution in [0.1, 0.15) is 48.0 Å². The van der Waals surface area contributed by atoms with E-state index in [1.165, 1.54) is 6.08 Å². The van der Waals surface area contributed by atoms with Crippen LogP contribution in [0.4, 0.5) is 0 Å². The molecule has 0 saturated heterocycles. The molecule has 0 aromatic rings. The molecule has 0 aliphatic rings. The molecule has 104 valence electrons. The molecular formula is C14H24O4. The number of rotatable bonds is 5. The highest BCUT2D eigenvalue weighted by Crippen LogP contribution is 2.23. The highest BCUT2D eigenvalue weighted by molar-refractivity contribution is 5.82. The monoisotopic (exact) mass is 256 g/mol. The number of hydrogen-bond acceptors (Lipinski definition) is 4. The first-order valence-electron chi connectivity index (χ1n) is 6.13. The van der Waals surface area contributed by atoms with Gasteiger partial charge in [0, 0.05) is 6.08 Å². The maximum atomic E-state index is 11.5. The number of ether oxygens (including phenoxy) is 2. The molecule has 0 saturated carbocycles. The van der Waals surface area contributed by atoms with Crippen LogP contribution in [0.2, 0.25) is 0 Å². The Morgan fingerprint density at radius 2 is 1.67 bits per heavy atom. The van der Waals surface area contributed by atoms with Crippen LogP contribution >= 0.6 is 0 Å². The second kappa shape index (κ2) is 6.57. The van der Waals surface area contributed by atoms with E-state index in [0.717, 1.165) is 0 Å². The van der Waals surface area contributed by atoms with Gasteiger partial charge in [-0.15, -0.1) is 0 Å². The highest BCUT2D eigenvalue weighted by atomic mass is 16.6. The molecule has 0 amide bonds. The minimum atomic E-state index is -0.507. The fraction of sp³-hybridized carbons (Fsp3) is 0.714. The Balaban J connectivity index is 4.39. The number of carbonyl (C=O) groups excluding carboxylic acids is 2. The summed E-state index contributed by atoms with van der Waals surface area (Å²) in [6.07, 6.45) is 3.28. The molecule has 4 nitrogen and oxygen atoms in total. The lowest BCUT2D eigenvalue weighted by atomic mass is 9.89. The standard InChI is InChI=1S/C14H24O4/c1-7-17-12(16)10-14(5,6)9-8-11(15)18-13(2,3)4/h8-9H,7,10H2,1-6H3. The normalized spacial score (nSPS) is 12.6. The molecular weight excluding hydrogens is 232 g/mol. The first-order chi connectivity index (χ1) is 8.06. The van der Waals surface area contributed by atoms with E-state index in [1.54, 1.807) is 13.0 Å². The van der Waals surface area contributed by atoms with E-state index in [2.05, 4.69) is 0 Å². The van der Waals surface area contributed by atoms with E-state index in [0.29, 0.717) is 6.61 Å². The van der Waals surface area contributed by atoms with Gasteiger partial charge in [0.1, 0.15) is 5.60 Å². The van der Waals surface area contributed by atoms with Crippen molar-refractivity contribution in [3.63, 3.8) is 0 Å². The van der Waals surface area contributed by atoms with Gasteiger partial charge < -0.3 is 9.47 Å². The van der Waals surface area contributed by atoms with Gasteiger partial charge in [0.15, 0.2) is 0 Å². The van der Waals surface area contributed by atoms with Crippen LogP contribution < -0.4 is 0 Å². The Bertz CT molecular complexity index is 321. The minimum absolute atomic E-state index is 0.236. The summed E-state index contributed by atoms with van der Waals surface area (Å²) in [5.74, 6) is -0.671. The zero-order valence-electron chi connectivity index (χ0n) is 12.2. The van der Waals surface area contributed by atoms with Crippen molar-refractivity contribution in [2.24, 2.45) is 5.41 Å². The van der Waals surface area contributed by atoms with E-state index in [4.69, 9.17) is 9.47 Å². The smallest absolute Gasteiger partial charge is 0.330 e. The molecule has 0 radical (unpaired) electrons. The van der Waals surface area contributed by atoms with Crippen molar-refractivity contribution in [1.29, 1.82) is 0 Å². The van der Waals surface area contributed by atoms with Crippen molar-refractivity contribution in [2.45, 2.75) is 53.6 Å². The predicted molar refractivity (Wildman–Crippen MR) is 70.0 cm³/mol. The van der Waals surface area contributed by atoms with Crippen LogP contribution in [0, 0.1) is 5.41 Å². The summed E-state index contributed by atoms with van der Waals surface area (Å²) in [4.78, 5) is 22.9. The Hall–Kier alpha value is -1.32. The first-order valence-corrected chi connectivity index (χ1v) is 6.13. The van der Waals surface area contributed by atoms with Crippen LogP contribution in [-0.2, 0) is 19.1 Å². The minimum Gasteiger partial charge on any atom is -0.466 e. The number of esters is 2. The van der Waals surface area contributed by atoms with Crippen LogP contribution in [-0.4, -0.2) is 24.1 Å². The van der Waals surface area contributed by atoms with E-state index in [9.17, 15) is 9.59 Å². The maximum absolute atomic E-state index is 11.5. The van der Waals surface area contributed by atoms with Gasteiger partial charge in [-0.2, -0.15) is 0 Å². The van der Waals surface area contributed by atoms with E-state index < -0.39 is 17.0 Å². The second-order valence-electron chi connectivity index (χ2n) is 5.84. The third-order valence-corrected chi connectivity index (χ3v) is 1.98. The van der Waals surface area contributed by atoms with Gasteiger partial charge in [-0.3, -0.25) is 4.79 Å². The van der Waals surface area contributed by atoms with Crippen molar-refractivity contribution in [1.82, 2.24) is 0 Å². The summed E-state index contributed by atoms with van der Waals surface area (Å²) < 4.78 is 10.0. The number of hydrogen-bond donors (Lipinski definition) is 0. The molecule has 0 atom stereocenters. The quantitative estimate of drug-likeness (QED) is 0.560. The molecule has 18 heavy (non-hydrogen) atoms. The molecule has 0 aromatic heterocycles. The van der Waals surface area contributed by atoms with Crippen molar-refractivity contribution in [2.75, 3.05) is 6.61 Å². The van der Waals surface area contributed by atoms with E-state index in [1.807, 2.05) is 34.6 Å². The topological polar surface area (TPSA) is 52.6 Å². The van der Waals surface area contributed by atoms with Gasteiger partial charge in [-0.05, 0) is 33.1 Å². The Morgan fingerprint density at radius 1 is 1.11 bits per heavy atom. The molecule has 0 N–H and O–H groups in total. The Labute approximate surface area is 109 Å². The molecule has 0 aromatic carbocycles. The lowest BCUT2D eigenvalue weighted by molar-refractivity contribution is -0.149. The molecule has 4 heteroatoms. The number of allylic oxidation sites excluding steroid dienone is 1. The summed E-state index contributed by atoms with van der Waals surface area (Å²) in [5, 5.41) is 0. The van der Waals surface area contributed by atoms with Gasteiger partial charge in [0.2, 0.25) is 0 Å². The average molecular weight is 256 g/mol. The average Bonchev–Trinajstić information content (AvgIpc) is 2.11. The molecule has 0 unspecified atom stereocenters. The van der Waals surface area contributed by atoms with Crippen molar-refractivity contribution in [3.05, 3.63) is 12.2 Å². The Kier molecular flexibility index (Phi) is 6.09.